The van der Waals surface area contributed by atoms with Crippen LogP contribution in [-0.2, 0) is 6.42 Å². The van der Waals surface area contributed by atoms with Crippen LogP contribution in [0.1, 0.15) is 16.7 Å². The minimum Gasteiger partial charge on any atom is -0.308 e. The molecular weight excluding hydrogens is 649 g/mol. The van der Waals surface area contributed by atoms with Gasteiger partial charge in [-0.2, -0.15) is 0 Å². The molecule has 6 heterocycles. The second-order valence-corrected chi connectivity index (χ2v) is 14.2. The third-order valence-corrected chi connectivity index (χ3v) is 11.2. The zero-order valence-corrected chi connectivity index (χ0v) is 28.8. The van der Waals surface area contributed by atoms with Gasteiger partial charge in [0.15, 0.2) is 0 Å². The fourth-order valence-corrected chi connectivity index (χ4v) is 8.96. The van der Waals surface area contributed by atoms with Crippen molar-refractivity contribution in [3.8, 4) is 28.2 Å². The highest BCUT2D eigenvalue weighted by Crippen LogP contribution is 2.41. The summed E-state index contributed by atoms with van der Waals surface area (Å²) in [6.45, 7) is 2.13. The quantitative estimate of drug-likeness (QED) is 0.187. The number of hydrogen-bond acceptors (Lipinski definition) is 3. The van der Waals surface area contributed by atoms with E-state index in [2.05, 4.69) is 136 Å². The van der Waals surface area contributed by atoms with Gasteiger partial charge in [0.1, 0.15) is 0 Å². The second kappa shape index (κ2) is 10.5. The van der Waals surface area contributed by atoms with Gasteiger partial charge in [-0.05, 0) is 133 Å². The third kappa shape index (κ3) is 3.95. The smallest absolute Gasteiger partial charge is 0.0964 e. The lowest BCUT2D eigenvalue weighted by Crippen LogP contribution is -1.97. The Bertz CT molecular complexity index is 3340. The van der Waals surface area contributed by atoms with E-state index in [1.807, 2.05) is 36.8 Å². The molecule has 0 atom stereocenters. The highest BCUT2D eigenvalue weighted by molar-refractivity contribution is 6.12. The molecule has 0 radical (unpaired) electrons. The van der Waals surface area contributed by atoms with E-state index >= 15 is 0 Å². The van der Waals surface area contributed by atoms with E-state index in [9.17, 15) is 0 Å². The molecule has 0 saturated heterocycles. The molecule has 0 saturated carbocycles. The maximum Gasteiger partial charge on any atom is 0.0964 e. The highest BCUT2D eigenvalue weighted by Gasteiger charge is 2.22. The summed E-state index contributed by atoms with van der Waals surface area (Å²) < 4.78 is 7.04. The fourth-order valence-electron chi connectivity index (χ4n) is 8.96. The van der Waals surface area contributed by atoms with Crippen LogP contribution in [0.15, 0.2) is 152 Å². The van der Waals surface area contributed by atoms with Crippen LogP contribution in [0.5, 0.6) is 0 Å². The SMILES string of the molecule is Cc1ccc2c(c1)c1ncccc1n2-c1ccc2c(c1)c1ncccc1n2-c1ccc2c(c1)c1ncccc1n2-c1ccc2c(c1)-c1ccccc1C2. The average Bonchev–Trinajstić information content (AvgIpc) is 3.93. The molecule has 6 heteroatoms. The number of aromatic nitrogens is 6. The summed E-state index contributed by atoms with van der Waals surface area (Å²) in [7, 11) is 0. The Morgan fingerprint density at radius 2 is 0.868 bits per heavy atom. The largest absolute Gasteiger partial charge is 0.308 e. The summed E-state index contributed by atoms with van der Waals surface area (Å²) in [6, 6.07) is 48.4. The van der Waals surface area contributed by atoms with Gasteiger partial charge < -0.3 is 13.7 Å². The molecule has 0 fully saturated rings. The minimum atomic E-state index is 0.971. The van der Waals surface area contributed by atoms with Gasteiger partial charge in [0, 0.05) is 51.8 Å². The molecule has 0 aliphatic heterocycles. The monoisotopic (exact) mass is 678 g/mol. The van der Waals surface area contributed by atoms with Gasteiger partial charge in [-0.25, -0.2) is 0 Å². The lowest BCUT2D eigenvalue weighted by atomic mass is 10.1. The van der Waals surface area contributed by atoms with Crippen molar-refractivity contribution in [3.63, 3.8) is 0 Å². The Kier molecular flexibility index (Phi) is 5.67. The van der Waals surface area contributed by atoms with E-state index in [0.29, 0.717) is 0 Å². The lowest BCUT2D eigenvalue weighted by Gasteiger charge is -2.12. The van der Waals surface area contributed by atoms with Crippen molar-refractivity contribution in [1.82, 2.24) is 28.7 Å². The van der Waals surface area contributed by atoms with Crippen LogP contribution in [0.25, 0.3) is 94.0 Å². The predicted octanol–water partition coefficient (Wildman–Crippen LogP) is 11.0. The van der Waals surface area contributed by atoms with E-state index in [1.165, 1.54) is 27.8 Å². The predicted molar refractivity (Wildman–Crippen MR) is 216 cm³/mol. The Morgan fingerprint density at radius 1 is 0.396 bits per heavy atom. The Balaban J connectivity index is 1.07. The molecule has 6 nitrogen and oxygen atoms in total. The van der Waals surface area contributed by atoms with Crippen LogP contribution in [0.3, 0.4) is 0 Å². The van der Waals surface area contributed by atoms with Gasteiger partial charge in [-0.3, -0.25) is 15.0 Å². The number of rotatable bonds is 3. The maximum atomic E-state index is 4.96. The Morgan fingerprint density at radius 3 is 1.45 bits per heavy atom. The van der Waals surface area contributed by atoms with E-state index in [0.717, 1.165) is 89.3 Å². The summed E-state index contributed by atoms with van der Waals surface area (Å²) >= 11 is 0. The number of hydrogen-bond donors (Lipinski definition) is 0. The zero-order chi connectivity index (χ0) is 34.8. The highest BCUT2D eigenvalue weighted by atomic mass is 15.0. The minimum absolute atomic E-state index is 0.971. The second-order valence-electron chi connectivity index (χ2n) is 14.2. The summed E-state index contributed by atoms with van der Waals surface area (Å²) in [5.74, 6) is 0. The van der Waals surface area contributed by atoms with Crippen molar-refractivity contribution in [3.05, 3.63) is 169 Å². The van der Waals surface area contributed by atoms with Gasteiger partial charge in [0.05, 0.1) is 49.7 Å². The molecule has 12 rings (SSSR count). The van der Waals surface area contributed by atoms with Crippen LogP contribution >= 0.6 is 0 Å². The first-order valence-corrected chi connectivity index (χ1v) is 18.1. The molecule has 0 unspecified atom stereocenters. The number of benzene rings is 5. The Labute approximate surface area is 303 Å². The molecule has 5 aromatic carbocycles. The molecule has 0 N–H and O–H groups in total. The number of aryl methyl sites for hydroxylation is 1. The van der Waals surface area contributed by atoms with Gasteiger partial charge in [0.2, 0.25) is 0 Å². The number of pyridine rings is 3. The molecule has 1 aliphatic rings. The first kappa shape index (κ1) is 28.6. The van der Waals surface area contributed by atoms with Gasteiger partial charge in [0.25, 0.3) is 0 Å². The van der Waals surface area contributed by atoms with Crippen molar-refractivity contribution >= 4 is 65.8 Å². The van der Waals surface area contributed by atoms with Crippen molar-refractivity contribution < 1.29 is 0 Å². The average molecular weight is 679 g/mol. The van der Waals surface area contributed by atoms with E-state index < -0.39 is 0 Å². The van der Waals surface area contributed by atoms with Crippen LogP contribution in [0.2, 0.25) is 0 Å². The molecular formula is C47H30N6. The standard InChI is InChI=1S/C47H30N6/c1-28-12-17-39-36(23-28)45-42(9-4-20-48-45)52(39)32-15-19-41-38(26-32)47-44(11-6-22-50-47)53(41)33-16-18-40-37(27-33)46-43(10-5-21-49-46)51(40)31-14-13-30-24-29-7-2-3-8-34(29)35(30)25-31/h2-23,25-27H,24H2,1H3. The summed E-state index contributed by atoms with van der Waals surface area (Å²) in [6.07, 6.45) is 6.65. The topological polar surface area (TPSA) is 53.5 Å². The molecule has 248 valence electrons. The van der Waals surface area contributed by atoms with E-state index in [4.69, 9.17) is 15.0 Å². The number of nitrogens with zero attached hydrogens (tertiary/aromatic N) is 6. The molecule has 6 aromatic heterocycles. The molecule has 0 bridgehead atoms. The first-order valence-electron chi connectivity index (χ1n) is 18.1. The summed E-state index contributed by atoms with van der Waals surface area (Å²) in [5.41, 5.74) is 19.5. The van der Waals surface area contributed by atoms with E-state index in [-0.39, 0.29) is 0 Å². The zero-order valence-electron chi connectivity index (χ0n) is 28.8. The van der Waals surface area contributed by atoms with Gasteiger partial charge in [-0.15, -0.1) is 0 Å². The maximum absolute atomic E-state index is 4.96. The van der Waals surface area contributed by atoms with Gasteiger partial charge in [-0.1, -0.05) is 42.0 Å². The van der Waals surface area contributed by atoms with Crippen LogP contribution in [-0.4, -0.2) is 28.7 Å². The molecule has 0 amide bonds. The lowest BCUT2D eigenvalue weighted by molar-refractivity contribution is 1.15. The normalized spacial score (nSPS) is 12.5. The van der Waals surface area contributed by atoms with Crippen molar-refractivity contribution in [1.29, 1.82) is 0 Å². The first-order chi connectivity index (χ1) is 26.2. The molecule has 53 heavy (non-hydrogen) atoms. The van der Waals surface area contributed by atoms with Crippen LogP contribution < -0.4 is 0 Å². The van der Waals surface area contributed by atoms with Crippen molar-refractivity contribution in [2.45, 2.75) is 13.3 Å². The fraction of sp³-hybridized carbons (Fsp3) is 0.0426. The number of fused-ring (bicyclic) bond motifs is 12. The van der Waals surface area contributed by atoms with E-state index in [1.54, 1.807) is 0 Å². The van der Waals surface area contributed by atoms with Crippen LogP contribution in [0.4, 0.5) is 0 Å². The molecule has 11 aromatic rings. The van der Waals surface area contributed by atoms with Gasteiger partial charge >= 0.3 is 0 Å². The van der Waals surface area contributed by atoms with Crippen molar-refractivity contribution in [2.75, 3.05) is 0 Å². The van der Waals surface area contributed by atoms with Crippen molar-refractivity contribution in [2.24, 2.45) is 0 Å². The summed E-state index contributed by atoms with van der Waals surface area (Å²) in [4.78, 5) is 14.7. The molecule has 0 spiro atoms. The third-order valence-electron chi connectivity index (χ3n) is 11.2. The molecule has 1 aliphatic carbocycles. The summed E-state index contributed by atoms with van der Waals surface area (Å²) in [5, 5.41) is 3.37. The van der Waals surface area contributed by atoms with Crippen LogP contribution in [0, 0.1) is 6.92 Å². The Hall–Kier alpha value is -7.05.